The molecule has 0 aromatic carbocycles. The number of aryl methyl sites for hydroxylation is 1. The second-order valence-corrected chi connectivity index (χ2v) is 7.24. The Balaban J connectivity index is 2.02. The van der Waals surface area contributed by atoms with Crippen molar-refractivity contribution in [1.29, 1.82) is 0 Å². The third-order valence-corrected chi connectivity index (χ3v) is 5.94. The van der Waals surface area contributed by atoms with Crippen molar-refractivity contribution < 1.29 is 4.74 Å². The van der Waals surface area contributed by atoms with Crippen LogP contribution in [0.1, 0.15) is 49.3 Å². The van der Waals surface area contributed by atoms with Gasteiger partial charge in [-0.25, -0.2) is 0 Å². The summed E-state index contributed by atoms with van der Waals surface area (Å²) in [6.07, 6.45) is 6.77. The molecule has 1 fully saturated rings. The summed E-state index contributed by atoms with van der Waals surface area (Å²) in [4.78, 5) is 2.85. The molecule has 0 amide bonds. The minimum absolute atomic E-state index is 0.0944. The maximum atomic E-state index is 6.50. The molecule has 1 aliphatic rings. The Bertz CT molecular complexity index is 393. The molecule has 1 atom stereocenters. The largest absolute Gasteiger partial charge is 0.377 e. The lowest BCUT2D eigenvalue weighted by molar-refractivity contribution is -0.0657. The first-order chi connectivity index (χ1) is 9.09. The van der Waals surface area contributed by atoms with Gasteiger partial charge in [0.15, 0.2) is 0 Å². The molecule has 108 valence electrons. The molecule has 2 N–H and O–H groups in total. The lowest BCUT2D eigenvalue weighted by atomic mass is 9.74. The average molecular weight is 281 g/mol. The number of methoxy groups -OCH3 is 1. The van der Waals surface area contributed by atoms with Crippen LogP contribution in [0.2, 0.25) is 0 Å². The van der Waals surface area contributed by atoms with Crippen LogP contribution in [-0.4, -0.2) is 18.8 Å². The summed E-state index contributed by atoms with van der Waals surface area (Å²) in [6, 6.07) is 4.58. The monoisotopic (exact) mass is 281 g/mol. The van der Waals surface area contributed by atoms with Gasteiger partial charge in [-0.2, -0.15) is 0 Å². The number of thiophene rings is 1. The number of rotatable bonds is 5. The van der Waals surface area contributed by atoms with Gasteiger partial charge in [0.1, 0.15) is 0 Å². The highest BCUT2D eigenvalue weighted by Gasteiger charge is 2.39. The van der Waals surface area contributed by atoms with E-state index in [4.69, 9.17) is 10.5 Å². The van der Waals surface area contributed by atoms with Gasteiger partial charge in [0.05, 0.1) is 5.60 Å². The maximum Gasteiger partial charge on any atom is 0.0832 e. The molecular formula is C16H27NOS. The second-order valence-electron chi connectivity index (χ2n) is 5.98. The molecule has 1 unspecified atom stereocenters. The molecule has 1 aromatic heterocycles. The molecule has 1 aliphatic carbocycles. The lowest BCUT2D eigenvalue weighted by Crippen LogP contribution is -2.52. The third-order valence-electron chi connectivity index (χ3n) is 4.69. The zero-order valence-corrected chi connectivity index (χ0v) is 13.3. The van der Waals surface area contributed by atoms with Crippen LogP contribution < -0.4 is 5.73 Å². The van der Waals surface area contributed by atoms with Gasteiger partial charge in [-0.3, -0.25) is 0 Å². The summed E-state index contributed by atoms with van der Waals surface area (Å²) in [5, 5.41) is 0. The van der Waals surface area contributed by atoms with Crippen LogP contribution in [0, 0.1) is 5.92 Å². The quantitative estimate of drug-likeness (QED) is 0.891. The average Bonchev–Trinajstić information content (AvgIpc) is 2.87. The van der Waals surface area contributed by atoms with E-state index in [2.05, 4.69) is 26.0 Å². The van der Waals surface area contributed by atoms with Gasteiger partial charge >= 0.3 is 0 Å². The van der Waals surface area contributed by atoms with Gasteiger partial charge in [-0.05, 0) is 56.6 Å². The standard InChI is InChI=1S/C16H27NOS/c1-4-13-5-6-14(19-13)11-15(17)16(18-3)9-7-12(2)8-10-16/h5-6,12,15H,4,7-11,17H2,1-3H3. The van der Waals surface area contributed by atoms with E-state index in [9.17, 15) is 0 Å². The van der Waals surface area contributed by atoms with E-state index >= 15 is 0 Å². The zero-order valence-electron chi connectivity index (χ0n) is 12.4. The molecule has 1 saturated carbocycles. The van der Waals surface area contributed by atoms with Crippen molar-refractivity contribution in [2.24, 2.45) is 11.7 Å². The Hall–Kier alpha value is -0.380. The topological polar surface area (TPSA) is 35.2 Å². The fourth-order valence-corrected chi connectivity index (χ4v) is 4.12. The van der Waals surface area contributed by atoms with Crippen LogP contribution in [0.25, 0.3) is 0 Å². The van der Waals surface area contributed by atoms with Gasteiger partial charge in [-0.1, -0.05) is 13.8 Å². The highest BCUT2D eigenvalue weighted by molar-refractivity contribution is 7.11. The lowest BCUT2D eigenvalue weighted by Gasteiger charge is -2.42. The summed E-state index contributed by atoms with van der Waals surface area (Å²) in [6.45, 7) is 4.53. The van der Waals surface area contributed by atoms with E-state index in [1.807, 2.05) is 18.4 Å². The van der Waals surface area contributed by atoms with Gasteiger partial charge < -0.3 is 10.5 Å². The summed E-state index contributed by atoms with van der Waals surface area (Å²) in [5.41, 5.74) is 6.41. The molecule has 2 nitrogen and oxygen atoms in total. The molecule has 0 spiro atoms. The van der Waals surface area contributed by atoms with Crippen LogP contribution >= 0.6 is 11.3 Å². The third kappa shape index (κ3) is 3.39. The predicted molar refractivity (Wildman–Crippen MR) is 82.7 cm³/mol. The summed E-state index contributed by atoms with van der Waals surface area (Å²) in [5.74, 6) is 0.823. The van der Waals surface area contributed by atoms with Crippen molar-refractivity contribution in [2.75, 3.05) is 7.11 Å². The highest BCUT2D eigenvalue weighted by atomic mass is 32.1. The molecule has 0 radical (unpaired) electrons. The highest BCUT2D eigenvalue weighted by Crippen LogP contribution is 2.37. The van der Waals surface area contributed by atoms with Crippen molar-refractivity contribution in [2.45, 2.75) is 64.0 Å². The first-order valence-electron chi connectivity index (χ1n) is 7.48. The summed E-state index contributed by atoms with van der Waals surface area (Å²) < 4.78 is 5.87. The Labute approximate surface area is 121 Å². The van der Waals surface area contributed by atoms with Crippen molar-refractivity contribution >= 4 is 11.3 Å². The van der Waals surface area contributed by atoms with E-state index in [1.165, 1.54) is 22.6 Å². The van der Waals surface area contributed by atoms with Crippen LogP contribution in [-0.2, 0) is 17.6 Å². The van der Waals surface area contributed by atoms with E-state index in [0.29, 0.717) is 0 Å². The molecule has 0 bridgehead atoms. The van der Waals surface area contributed by atoms with Crippen molar-refractivity contribution in [3.8, 4) is 0 Å². The van der Waals surface area contributed by atoms with Crippen LogP contribution in [0.4, 0.5) is 0 Å². The van der Waals surface area contributed by atoms with Crippen molar-refractivity contribution in [3.05, 3.63) is 21.9 Å². The predicted octanol–water partition coefficient (Wildman–Crippen LogP) is 3.78. The van der Waals surface area contributed by atoms with E-state index < -0.39 is 0 Å². The molecule has 2 rings (SSSR count). The number of hydrogen-bond acceptors (Lipinski definition) is 3. The zero-order chi connectivity index (χ0) is 13.9. The molecule has 19 heavy (non-hydrogen) atoms. The molecule has 0 saturated heterocycles. The van der Waals surface area contributed by atoms with Gasteiger partial charge in [0.25, 0.3) is 0 Å². The SMILES string of the molecule is CCc1ccc(CC(N)C2(OC)CCC(C)CC2)s1. The minimum Gasteiger partial charge on any atom is -0.377 e. The molecule has 3 heteroatoms. The second kappa shape index (κ2) is 6.38. The molecule has 0 aliphatic heterocycles. The summed E-state index contributed by atoms with van der Waals surface area (Å²) in [7, 11) is 1.84. The fraction of sp³-hybridized carbons (Fsp3) is 0.750. The Kier molecular flexibility index (Phi) is 5.04. The fourth-order valence-electron chi connectivity index (χ4n) is 3.10. The number of ether oxygens (including phenoxy) is 1. The molecule has 1 heterocycles. The van der Waals surface area contributed by atoms with Gasteiger partial charge in [-0.15, -0.1) is 11.3 Å². The van der Waals surface area contributed by atoms with Gasteiger partial charge in [0.2, 0.25) is 0 Å². The number of nitrogens with two attached hydrogens (primary N) is 1. The van der Waals surface area contributed by atoms with Crippen LogP contribution in [0.5, 0.6) is 0 Å². The smallest absolute Gasteiger partial charge is 0.0832 e. The van der Waals surface area contributed by atoms with E-state index in [0.717, 1.165) is 31.6 Å². The molecule has 1 aromatic rings. The summed E-state index contributed by atoms with van der Waals surface area (Å²) >= 11 is 1.90. The maximum absolute atomic E-state index is 6.50. The first-order valence-corrected chi connectivity index (χ1v) is 8.29. The van der Waals surface area contributed by atoms with E-state index in [-0.39, 0.29) is 11.6 Å². The van der Waals surface area contributed by atoms with Crippen LogP contribution in [0.15, 0.2) is 12.1 Å². The normalized spacial score (nSPS) is 29.4. The van der Waals surface area contributed by atoms with E-state index in [1.54, 1.807) is 0 Å². The molecular weight excluding hydrogens is 254 g/mol. The Morgan fingerprint density at radius 3 is 2.53 bits per heavy atom. The minimum atomic E-state index is -0.0944. The first kappa shape index (κ1) is 15.0. The Morgan fingerprint density at radius 2 is 2.00 bits per heavy atom. The van der Waals surface area contributed by atoms with Crippen molar-refractivity contribution in [1.82, 2.24) is 0 Å². The van der Waals surface area contributed by atoms with Gasteiger partial charge in [0, 0.05) is 22.9 Å². The van der Waals surface area contributed by atoms with Crippen molar-refractivity contribution in [3.63, 3.8) is 0 Å². The number of hydrogen-bond donors (Lipinski definition) is 1. The van der Waals surface area contributed by atoms with Crippen LogP contribution in [0.3, 0.4) is 0 Å². The Morgan fingerprint density at radius 1 is 1.37 bits per heavy atom.